The van der Waals surface area contributed by atoms with E-state index in [-0.39, 0.29) is 47.6 Å². The summed E-state index contributed by atoms with van der Waals surface area (Å²) in [6, 6.07) is 27.4. The van der Waals surface area contributed by atoms with Crippen molar-refractivity contribution >= 4 is 38.9 Å². The summed E-state index contributed by atoms with van der Waals surface area (Å²) >= 11 is 3.45. The van der Waals surface area contributed by atoms with Gasteiger partial charge in [-0.25, -0.2) is 0 Å². The van der Waals surface area contributed by atoms with Crippen molar-refractivity contribution in [2.24, 2.45) is 4.99 Å². The molecule has 1 fully saturated rings. The number of nitrogens with zero attached hydrogens (tertiary/aromatic N) is 2. The van der Waals surface area contributed by atoms with Crippen molar-refractivity contribution in [3.8, 4) is 0 Å². The Labute approximate surface area is 246 Å². The molecule has 0 spiro atoms. The molecule has 3 aromatic carbocycles. The van der Waals surface area contributed by atoms with Gasteiger partial charge in [0.2, 0.25) is 0 Å². The lowest BCUT2D eigenvalue weighted by molar-refractivity contribution is -0.116. The van der Waals surface area contributed by atoms with Gasteiger partial charge in [-0.15, -0.1) is 0 Å². The number of Topliss-reactive ketones (excluding diaryl/α,β-unsaturated/α-hetero) is 2. The van der Waals surface area contributed by atoms with Gasteiger partial charge < -0.3 is 9.63 Å². The Bertz CT molecular complexity index is 1640. The average Bonchev–Trinajstić information content (AvgIpc) is 3.41. The Kier molecular flexibility index (Phi) is 7.79. The minimum atomic E-state index is -0.137. The van der Waals surface area contributed by atoms with Crippen LogP contribution in [0.1, 0.15) is 70.5 Å². The third kappa shape index (κ3) is 5.86. The number of aliphatic imine (C=N–C) groups is 1. The number of aromatic nitrogens is 1. The normalized spacial score (nSPS) is 21.1. The van der Waals surface area contributed by atoms with Crippen LogP contribution in [0.25, 0.3) is 0 Å². The van der Waals surface area contributed by atoms with E-state index in [0.717, 1.165) is 15.6 Å². The van der Waals surface area contributed by atoms with Crippen molar-refractivity contribution in [3.05, 3.63) is 129 Å². The number of aliphatic hydroxyl groups excluding tert-OH is 1. The molecule has 7 heteroatoms. The zero-order chi connectivity index (χ0) is 28.3. The molecule has 2 aliphatic carbocycles. The quantitative estimate of drug-likeness (QED) is 0.177. The van der Waals surface area contributed by atoms with E-state index in [1.54, 1.807) is 0 Å². The summed E-state index contributed by atoms with van der Waals surface area (Å²) in [5, 5.41) is 15.5. The first-order valence-electron chi connectivity index (χ1n) is 13.9. The number of aliphatic hydroxyl groups is 1. The molecular formula is C34H29BrN2O4. The van der Waals surface area contributed by atoms with Crippen molar-refractivity contribution in [1.29, 1.82) is 0 Å². The monoisotopic (exact) mass is 608 g/mol. The number of ketones is 2. The van der Waals surface area contributed by atoms with E-state index in [4.69, 9.17) is 9.52 Å². The molecule has 2 atom stereocenters. The second-order valence-electron chi connectivity index (χ2n) is 10.7. The molecular weight excluding hydrogens is 580 g/mol. The molecule has 0 radical (unpaired) electrons. The molecule has 1 N–H and O–H groups in total. The fourth-order valence-corrected chi connectivity index (χ4v) is 6.15. The number of rotatable bonds is 6. The molecule has 0 aliphatic heterocycles. The maximum Gasteiger partial charge on any atom is 0.168 e. The number of hydrogen-bond acceptors (Lipinski definition) is 6. The van der Waals surface area contributed by atoms with Gasteiger partial charge in [0, 0.05) is 36.6 Å². The minimum absolute atomic E-state index is 0.000400. The molecule has 41 heavy (non-hydrogen) atoms. The highest BCUT2D eigenvalue weighted by Crippen LogP contribution is 2.37. The number of carbonyl (C=O) groups excluding carboxylic acids is 2. The van der Waals surface area contributed by atoms with E-state index in [9.17, 15) is 14.7 Å². The largest absolute Gasteiger partial charge is 0.511 e. The third-order valence-electron chi connectivity index (χ3n) is 7.93. The summed E-state index contributed by atoms with van der Waals surface area (Å²) in [4.78, 5) is 31.5. The van der Waals surface area contributed by atoms with Crippen LogP contribution < -0.4 is 0 Å². The summed E-state index contributed by atoms with van der Waals surface area (Å²) < 4.78 is 6.55. The lowest BCUT2D eigenvalue weighted by atomic mass is 9.78. The maximum atomic E-state index is 13.5. The van der Waals surface area contributed by atoms with Crippen molar-refractivity contribution in [2.45, 2.75) is 50.4 Å². The van der Waals surface area contributed by atoms with Gasteiger partial charge in [0.1, 0.15) is 11.5 Å². The molecule has 0 amide bonds. The second-order valence-corrected chi connectivity index (χ2v) is 11.6. The molecule has 2 aliphatic rings. The van der Waals surface area contributed by atoms with Crippen molar-refractivity contribution < 1.29 is 19.2 Å². The fraction of sp³-hybridized carbons (Fsp3) is 0.235. The zero-order valence-corrected chi connectivity index (χ0v) is 24.0. The Morgan fingerprint density at radius 3 is 2.10 bits per heavy atom. The number of carbonyl (C=O) groups is 2. The summed E-state index contributed by atoms with van der Waals surface area (Å²) in [5.41, 5.74) is 4.78. The summed E-state index contributed by atoms with van der Waals surface area (Å²) in [5.74, 6) is 0.464. The number of fused-ring (bicyclic) bond motifs is 1. The highest BCUT2D eigenvalue weighted by atomic mass is 79.9. The van der Waals surface area contributed by atoms with Crippen molar-refractivity contribution in [3.63, 3.8) is 0 Å². The number of allylic oxidation sites excluding steroid dienone is 2. The van der Waals surface area contributed by atoms with Crippen LogP contribution >= 0.6 is 15.9 Å². The lowest BCUT2D eigenvalue weighted by Gasteiger charge is -2.26. The number of benzene rings is 3. The molecule has 2 unspecified atom stereocenters. The first kappa shape index (κ1) is 27.1. The van der Waals surface area contributed by atoms with Crippen LogP contribution in [0, 0.1) is 0 Å². The molecule has 0 bridgehead atoms. The smallest absolute Gasteiger partial charge is 0.168 e. The topological polar surface area (TPSA) is 92.8 Å². The van der Waals surface area contributed by atoms with Crippen LogP contribution in [0.4, 0.5) is 5.69 Å². The number of hydrogen-bond donors (Lipinski definition) is 1. The van der Waals surface area contributed by atoms with Gasteiger partial charge in [0.05, 0.1) is 28.2 Å². The summed E-state index contributed by atoms with van der Waals surface area (Å²) in [6.07, 6.45) is 2.27. The van der Waals surface area contributed by atoms with Crippen LogP contribution in [-0.2, 0) is 17.6 Å². The zero-order valence-electron chi connectivity index (χ0n) is 22.4. The van der Waals surface area contributed by atoms with E-state index in [1.165, 1.54) is 0 Å². The average molecular weight is 610 g/mol. The molecule has 4 aromatic rings. The van der Waals surface area contributed by atoms with Gasteiger partial charge in [-0.3, -0.25) is 14.6 Å². The van der Waals surface area contributed by atoms with Gasteiger partial charge in [-0.05, 0) is 53.6 Å². The predicted molar refractivity (Wildman–Crippen MR) is 161 cm³/mol. The molecule has 1 heterocycles. The molecule has 6 nitrogen and oxygen atoms in total. The Morgan fingerprint density at radius 2 is 1.44 bits per heavy atom. The Morgan fingerprint density at radius 1 is 0.829 bits per heavy atom. The SMILES string of the molecule is O=C1CC(c2ccccc2)CC(=Nc2ccc(Br)cc2)/C1=C(\O)CCc1noc2c1C(=O)CC(c1ccccc1)C2. The van der Waals surface area contributed by atoms with Gasteiger partial charge in [-0.2, -0.15) is 0 Å². The van der Waals surface area contributed by atoms with Crippen molar-refractivity contribution in [2.75, 3.05) is 0 Å². The molecule has 0 saturated heterocycles. The van der Waals surface area contributed by atoms with E-state index >= 15 is 0 Å². The van der Waals surface area contributed by atoms with Gasteiger partial charge >= 0.3 is 0 Å². The van der Waals surface area contributed by atoms with Gasteiger partial charge in [-0.1, -0.05) is 81.8 Å². The summed E-state index contributed by atoms with van der Waals surface area (Å²) in [7, 11) is 0. The fourth-order valence-electron chi connectivity index (χ4n) is 5.89. The van der Waals surface area contributed by atoms with Crippen LogP contribution in [0.2, 0.25) is 0 Å². The molecule has 1 saturated carbocycles. The number of halogens is 1. The summed E-state index contributed by atoms with van der Waals surface area (Å²) in [6.45, 7) is 0. The molecule has 1 aromatic heterocycles. The standard InChI is InChI=1S/C34H29BrN2O4/c35-25-11-13-26(14-12-25)36-28-17-23(21-7-3-1-4-8-21)18-30(39)33(28)29(38)16-15-27-34-31(40)19-24(20-32(34)41-37-27)22-9-5-2-6-10-22/h1-14,23-24,38H,15-20H2/b33-29+,36-28?. The Balaban J connectivity index is 1.26. The minimum Gasteiger partial charge on any atom is -0.511 e. The van der Waals surface area contributed by atoms with E-state index in [0.29, 0.717) is 54.1 Å². The van der Waals surface area contributed by atoms with Gasteiger partial charge in [0.25, 0.3) is 0 Å². The lowest BCUT2D eigenvalue weighted by Crippen LogP contribution is -2.26. The van der Waals surface area contributed by atoms with E-state index in [2.05, 4.69) is 21.1 Å². The first-order valence-corrected chi connectivity index (χ1v) is 14.6. The predicted octanol–water partition coefficient (Wildman–Crippen LogP) is 8.01. The third-order valence-corrected chi connectivity index (χ3v) is 8.46. The maximum absolute atomic E-state index is 13.5. The van der Waals surface area contributed by atoms with Gasteiger partial charge in [0.15, 0.2) is 11.6 Å². The number of aryl methyl sites for hydroxylation is 1. The van der Waals surface area contributed by atoms with Crippen molar-refractivity contribution in [1.82, 2.24) is 5.16 Å². The van der Waals surface area contributed by atoms with Crippen LogP contribution in [0.5, 0.6) is 0 Å². The first-order chi connectivity index (χ1) is 20.0. The second kappa shape index (κ2) is 11.8. The van der Waals surface area contributed by atoms with Crippen LogP contribution in [0.15, 0.2) is 110 Å². The van der Waals surface area contributed by atoms with Crippen LogP contribution in [-0.4, -0.2) is 27.5 Å². The van der Waals surface area contributed by atoms with E-state index in [1.807, 2.05) is 84.9 Å². The molecule has 6 rings (SSSR count). The van der Waals surface area contributed by atoms with Crippen LogP contribution in [0.3, 0.4) is 0 Å². The highest BCUT2D eigenvalue weighted by molar-refractivity contribution is 9.10. The highest BCUT2D eigenvalue weighted by Gasteiger charge is 2.34. The van der Waals surface area contributed by atoms with E-state index < -0.39 is 0 Å². The molecule has 206 valence electrons. The Hall–Kier alpha value is -4.10.